The second-order valence-corrected chi connectivity index (χ2v) is 10.0. The maximum Gasteiger partial charge on any atom is 0.534 e. The van der Waals surface area contributed by atoms with Crippen LogP contribution in [-0.2, 0) is 20.5 Å². The predicted molar refractivity (Wildman–Crippen MR) is 120 cm³/mol. The van der Waals surface area contributed by atoms with Crippen LogP contribution in [0.4, 0.5) is 18.9 Å². The van der Waals surface area contributed by atoms with Crippen molar-refractivity contribution in [3.05, 3.63) is 81.9 Å². The summed E-state index contributed by atoms with van der Waals surface area (Å²) < 4.78 is 78.1. The van der Waals surface area contributed by atoms with E-state index in [4.69, 9.17) is 21.1 Å². The lowest BCUT2D eigenvalue weighted by atomic mass is 9.77. The average Bonchev–Trinajstić information content (AvgIpc) is 3.07. The summed E-state index contributed by atoms with van der Waals surface area (Å²) >= 11 is 6.18. The molecule has 182 valence electrons. The summed E-state index contributed by atoms with van der Waals surface area (Å²) in [6.45, 7) is 0. The topological polar surface area (TPSA) is 82.1 Å². The van der Waals surface area contributed by atoms with Gasteiger partial charge in [0.2, 0.25) is 0 Å². The van der Waals surface area contributed by atoms with Crippen molar-refractivity contribution in [2.24, 2.45) is 0 Å². The minimum absolute atomic E-state index is 0.0883. The van der Waals surface area contributed by atoms with Gasteiger partial charge < -0.3 is 18.6 Å². The zero-order valence-corrected chi connectivity index (χ0v) is 19.6. The number of esters is 1. The van der Waals surface area contributed by atoms with Gasteiger partial charge in [0.15, 0.2) is 11.4 Å². The van der Waals surface area contributed by atoms with Gasteiger partial charge in [-0.3, -0.25) is 0 Å². The molecular weight excluding hydrogens is 511 g/mol. The molecule has 5 rings (SSSR count). The minimum atomic E-state index is -6.00. The van der Waals surface area contributed by atoms with Crippen LogP contribution in [0.5, 0.6) is 17.2 Å². The highest BCUT2D eigenvalue weighted by Crippen LogP contribution is 2.58. The first kappa shape index (κ1) is 23.3. The number of ether oxygens (including phenoxy) is 2. The minimum Gasteiger partial charge on any atom is -0.456 e. The SMILES string of the molecule is CN(C)c1ccc2c(c1)Oc1cc(OS(=O)(=O)C(F)(F)F)c(Cl)cc1C21OC(=O)c2ccccc21. The van der Waals surface area contributed by atoms with E-state index in [9.17, 15) is 26.4 Å². The van der Waals surface area contributed by atoms with Gasteiger partial charge in [-0.15, -0.1) is 0 Å². The number of alkyl halides is 3. The third-order valence-corrected chi connectivity index (χ3v) is 7.01. The van der Waals surface area contributed by atoms with Crippen molar-refractivity contribution in [1.29, 1.82) is 0 Å². The van der Waals surface area contributed by atoms with Gasteiger partial charge in [0.1, 0.15) is 11.5 Å². The smallest absolute Gasteiger partial charge is 0.456 e. The van der Waals surface area contributed by atoms with Crippen molar-refractivity contribution in [2.75, 3.05) is 19.0 Å². The molecule has 12 heteroatoms. The Morgan fingerprint density at radius 1 is 0.971 bits per heavy atom. The molecule has 1 atom stereocenters. The summed E-state index contributed by atoms with van der Waals surface area (Å²) in [4.78, 5) is 14.6. The first-order valence-corrected chi connectivity index (χ1v) is 11.8. The van der Waals surface area contributed by atoms with Crippen LogP contribution >= 0.6 is 11.6 Å². The maximum atomic E-state index is 12.9. The summed E-state index contributed by atoms with van der Waals surface area (Å²) in [6, 6.07) is 13.9. The van der Waals surface area contributed by atoms with Gasteiger partial charge in [-0.05, 0) is 24.3 Å². The molecule has 0 N–H and O–H groups in total. The molecule has 7 nitrogen and oxygen atoms in total. The van der Waals surface area contributed by atoms with Crippen molar-refractivity contribution < 1.29 is 40.0 Å². The highest BCUT2D eigenvalue weighted by molar-refractivity contribution is 7.88. The number of fused-ring (bicyclic) bond motifs is 6. The first-order valence-electron chi connectivity index (χ1n) is 10.0. The van der Waals surface area contributed by atoms with Crippen molar-refractivity contribution in [3.8, 4) is 17.2 Å². The molecule has 3 aromatic carbocycles. The number of halogens is 4. The third-order valence-electron chi connectivity index (χ3n) is 5.75. The van der Waals surface area contributed by atoms with Gasteiger partial charge >= 0.3 is 21.6 Å². The van der Waals surface area contributed by atoms with Gasteiger partial charge in [-0.2, -0.15) is 21.6 Å². The molecule has 2 heterocycles. The maximum absolute atomic E-state index is 12.9. The Hall–Kier alpha value is -3.44. The summed E-state index contributed by atoms with van der Waals surface area (Å²) in [5.41, 5.74) is -5.05. The van der Waals surface area contributed by atoms with Crippen LogP contribution in [0.3, 0.4) is 0 Å². The highest BCUT2D eigenvalue weighted by atomic mass is 35.5. The van der Waals surface area contributed by atoms with E-state index in [-0.39, 0.29) is 17.1 Å². The molecule has 35 heavy (non-hydrogen) atoms. The second-order valence-electron chi connectivity index (χ2n) is 8.06. The molecule has 0 saturated heterocycles. The molecule has 0 bridgehead atoms. The van der Waals surface area contributed by atoms with Crippen LogP contribution in [0.2, 0.25) is 5.02 Å². The van der Waals surface area contributed by atoms with E-state index in [0.29, 0.717) is 16.7 Å². The molecule has 0 amide bonds. The van der Waals surface area contributed by atoms with E-state index in [1.54, 1.807) is 61.5 Å². The Morgan fingerprint density at radius 3 is 2.34 bits per heavy atom. The fourth-order valence-corrected chi connectivity index (χ4v) is 4.89. The quantitative estimate of drug-likeness (QED) is 0.264. The van der Waals surface area contributed by atoms with Crippen LogP contribution in [0.15, 0.2) is 54.6 Å². The van der Waals surface area contributed by atoms with Crippen molar-refractivity contribution in [2.45, 2.75) is 11.1 Å². The summed E-state index contributed by atoms with van der Waals surface area (Å²) in [6.07, 6.45) is 0. The number of hydrogen-bond donors (Lipinski definition) is 0. The van der Waals surface area contributed by atoms with Gasteiger partial charge in [0, 0.05) is 48.6 Å². The van der Waals surface area contributed by atoms with Crippen molar-refractivity contribution >= 4 is 33.4 Å². The Morgan fingerprint density at radius 2 is 1.66 bits per heavy atom. The molecule has 0 fully saturated rings. The molecule has 0 saturated carbocycles. The fraction of sp³-hybridized carbons (Fsp3) is 0.174. The predicted octanol–water partition coefficient (Wildman–Crippen LogP) is 5.20. The monoisotopic (exact) mass is 525 g/mol. The Bertz CT molecular complexity index is 1510. The van der Waals surface area contributed by atoms with E-state index in [1.807, 2.05) is 0 Å². The number of hydrogen-bond acceptors (Lipinski definition) is 7. The number of benzene rings is 3. The zero-order chi connectivity index (χ0) is 25.3. The Balaban J connectivity index is 1.77. The number of anilines is 1. The number of nitrogens with zero attached hydrogens (tertiary/aromatic N) is 1. The molecular formula is C23H15ClF3NO6S. The lowest BCUT2D eigenvalue weighted by Gasteiger charge is -2.37. The summed E-state index contributed by atoms with van der Waals surface area (Å²) in [5, 5.41) is -0.451. The van der Waals surface area contributed by atoms with Crippen LogP contribution in [0.25, 0.3) is 0 Å². The van der Waals surface area contributed by atoms with Crippen LogP contribution in [0.1, 0.15) is 27.0 Å². The summed E-state index contributed by atoms with van der Waals surface area (Å²) in [5.74, 6) is -1.25. The zero-order valence-electron chi connectivity index (χ0n) is 18.0. The van der Waals surface area contributed by atoms with Gasteiger partial charge in [-0.25, -0.2) is 4.79 Å². The lowest BCUT2D eigenvalue weighted by Crippen LogP contribution is -2.33. The van der Waals surface area contributed by atoms with Gasteiger partial charge in [0.05, 0.1) is 10.6 Å². The molecule has 2 aliphatic heterocycles. The normalized spacial score (nSPS) is 18.3. The fourth-order valence-electron chi connectivity index (χ4n) is 4.17. The molecule has 0 aliphatic carbocycles. The van der Waals surface area contributed by atoms with Gasteiger partial charge in [0.25, 0.3) is 0 Å². The van der Waals surface area contributed by atoms with Crippen molar-refractivity contribution in [3.63, 3.8) is 0 Å². The number of carbonyl (C=O) groups excluding carboxylic acids is 1. The number of carbonyl (C=O) groups is 1. The lowest BCUT2D eigenvalue weighted by molar-refractivity contribution is -0.0500. The molecule has 1 unspecified atom stereocenters. The molecule has 0 radical (unpaired) electrons. The van der Waals surface area contributed by atoms with Crippen LogP contribution < -0.4 is 13.8 Å². The number of rotatable bonds is 3. The average molecular weight is 526 g/mol. The third kappa shape index (κ3) is 3.41. The standard InChI is InChI=1S/C23H15ClF3NO6S/c1-28(2)12-7-8-15-18(9-12)32-19-11-20(34-35(30,31)23(25,26)27)17(24)10-16(19)22(15)14-6-4-3-5-13(14)21(29)33-22/h3-11H,1-2H3. The molecule has 2 aliphatic rings. The van der Waals surface area contributed by atoms with E-state index >= 15 is 0 Å². The molecule has 3 aromatic rings. The highest BCUT2D eigenvalue weighted by Gasteiger charge is 2.54. The van der Waals surface area contributed by atoms with E-state index in [1.165, 1.54) is 6.07 Å². The van der Waals surface area contributed by atoms with Crippen molar-refractivity contribution in [1.82, 2.24) is 0 Å². The molecule has 0 aromatic heterocycles. The second kappa shape index (κ2) is 7.53. The van der Waals surface area contributed by atoms with Crippen LogP contribution in [-0.4, -0.2) is 34.0 Å². The van der Waals surface area contributed by atoms with Gasteiger partial charge in [-0.1, -0.05) is 29.8 Å². The first-order chi connectivity index (χ1) is 16.3. The molecule has 1 spiro atoms. The Labute approximate surface area is 202 Å². The summed E-state index contributed by atoms with van der Waals surface area (Å²) in [7, 11) is -2.40. The van der Waals surface area contributed by atoms with E-state index in [2.05, 4.69) is 4.18 Å². The largest absolute Gasteiger partial charge is 0.534 e. The van der Waals surface area contributed by atoms with E-state index in [0.717, 1.165) is 11.8 Å². The van der Waals surface area contributed by atoms with E-state index < -0.39 is 38.0 Å². The Kier molecular flexibility index (Phi) is 5.01. The van der Waals surface area contributed by atoms with Crippen LogP contribution in [0, 0.1) is 0 Å².